The highest BCUT2D eigenvalue weighted by Gasteiger charge is 1.88. The molecule has 1 aromatic rings. The summed E-state index contributed by atoms with van der Waals surface area (Å²) >= 11 is 0. The van der Waals surface area contributed by atoms with Crippen LogP contribution in [0.1, 0.15) is 26.0 Å². The Morgan fingerprint density at radius 2 is 2.36 bits per heavy atom. The normalized spacial score (nSPS) is 13.1. The maximum absolute atomic E-state index is 5.08. The fourth-order valence-corrected chi connectivity index (χ4v) is 0.988. The van der Waals surface area contributed by atoms with Crippen LogP contribution in [-0.4, -0.2) is 4.98 Å². The van der Waals surface area contributed by atoms with Crippen LogP contribution in [-0.2, 0) is 0 Å². The summed E-state index contributed by atoms with van der Waals surface area (Å²) in [4.78, 5) is 3.83. The van der Waals surface area contributed by atoms with Gasteiger partial charge in [-0.05, 0) is 25.0 Å². The van der Waals surface area contributed by atoms with Crippen molar-refractivity contribution in [3.63, 3.8) is 0 Å². The minimum absolute atomic E-state index is 0.772. The molecule has 0 spiro atoms. The van der Waals surface area contributed by atoms with E-state index in [9.17, 15) is 0 Å². The number of hydrogen-bond acceptors (Lipinski definition) is 2. The molecule has 0 saturated carbocycles. The molecular weight excluding hydrogens is 174 g/mol. The Bertz CT molecular complexity index is 331. The number of nitrogens with zero attached hydrogens (tertiary/aromatic N) is 1. The second-order valence-electron chi connectivity index (χ2n) is 2.84. The van der Waals surface area contributed by atoms with Gasteiger partial charge in [0, 0.05) is 0 Å². The first-order valence-corrected chi connectivity index (χ1v) is 4.76. The highest BCUT2D eigenvalue weighted by molar-refractivity contribution is 5.49. The molecule has 0 amide bonds. The molecule has 1 aromatic heterocycles. The van der Waals surface area contributed by atoms with E-state index in [1.165, 1.54) is 12.0 Å². The summed E-state index contributed by atoms with van der Waals surface area (Å²) in [7, 11) is 0. The van der Waals surface area contributed by atoms with E-state index >= 15 is 0 Å². The zero-order valence-electron chi connectivity index (χ0n) is 8.60. The monoisotopic (exact) mass is 189 g/mol. The van der Waals surface area contributed by atoms with Gasteiger partial charge in [-0.3, -0.25) is 0 Å². The lowest BCUT2D eigenvalue weighted by Crippen LogP contribution is -1.70. The third-order valence-electron chi connectivity index (χ3n) is 1.77. The van der Waals surface area contributed by atoms with Crippen molar-refractivity contribution in [1.82, 2.24) is 4.98 Å². The van der Waals surface area contributed by atoms with Crippen LogP contribution in [0.25, 0.3) is 6.08 Å². The van der Waals surface area contributed by atoms with Crippen molar-refractivity contribution in [3.05, 3.63) is 48.2 Å². The van der Waals surface area contributed by atoms with Crippen LogP contribution in [0.5, 0.6) is 0 Å². The molecule has 0 atom stereocenters. The average Bonchev–Trinajstić information content (AvgIpc) is 2.71. The lowest BCUT2D eigenvalue weighted by Gasteiger charge is -1.90. The van der Waals surface area contributed by atoms with Gasteiger partial charge in [0.25, 0.3) is 0 Å². The van der Waals surface area contributed by atoms with Gasteiger partial charge >= 0.3 is 0 Å². The van der Waals surface area contributed by atoms with Crippen molar-refractivity contribution in [2.75, 3.05) is 0 Å². The molecule has 1 heterocycles. The van der Waals surface area contributed by atoms with Gasteiger partial charge in [0.2, 0.25) is 0 Å². The predicted octanol–water partition coefficient (Wildman–Crippen LogP) is 3.60. The van der Waals surface area contributed by atoms with Gasteiger partial charge < -0.3 is 4.42 Å². The minimum Gasteiger partial charge on any atom is -0.444 e. The van der Waals surface area contributed by atoms with Crippen LogP contribution < -0.4 is 0 Å². The van der Waals surface area contributed by atoms with Crippen molar-refractivity contribution in [2.24, 2.45) is 0 Å². The molecule has 0 aliphatic carbocycles. The average molecular weight is 189 g/mol. The van der Waals surface area contributed by atoms with Gasteiger partial charge in [-0.15, -0.1) is 0 Å². The van der Waals surface area contributed by atoms with Gasteiger partial charge in [-0.1, -0.05) is 31.2 Å². The molecule has 0 unspecified atom stereocenters. The van der Waals surface area contributed by atoms with Gasteiger partial charge in [0.05, 0.1) is 6.20 Å². The van der Waals surface area contributed by atoms with Crippen molar-refractivity contribution in [1.29, 1.82) is 0 Å². The maximum atomic E-state index is 5.08. The van der Waals surface area contributed by atoms with E-state index < -0.39 is 0 Å². The van der Waals surface area contributed by atoms with Crippen molar-refractivity contribution < 1.29 is 4.42 Å². The number of oxazole rings is 1. The van der Waals surface area contributed by atoms with E-state index in [1.54, 1.807) is 6.20 Å². The van der Waals surface area contributed by atoms with Crippen LogP contribution in [0.15, 0.2) is 46.9 Å². The Hall–Kier alpha value is -1.57. The summed E-state index contributed by atoms with van der Waals surface area (Å²) in [5.41, 5.74) is 1.17. The van der Waals surface area contributed by atoms with Gasteiger partial charge in [0.15, 0.2) is 6.39 Å². The van der Waals surface area contributed by atoms with E-state index in [4.69, 9.17) is 4.42 Å². The van der Waals surface area contributed by atoms with E-state index in [0.717, 1.165) is 12.2 Å². The lowest BCUT2D eigenvalue weighted by atomic mass is 10.2. The smallest absolute Gasteiger partial charge is 0.181 e. The third-order valence-corrected chi connectivity index (χ3v) is 1.77. The Morgan fingerprint density at radius 3 is 2.93 bits per heavy atom. The number of allylic oxidation sites excluding steroid dienone is 5. The van der Waals surface area contributed by atoms with Crippen molar-refractivity contribution in [3.8, 4) is 0 Å². The molecule has 1 rings (SSSR count). The van der Waals surface area contributed by atoms with Crippen molar-refractivity contribution >= 4 is 6.08 Å². The van der Waals surface area contributed by atoms with Crippen LogP contribution in [0.2, 0.25) is 0 Å². The van der Waals surface area contributed by atoms with E-state index in [1.807, 2.05) is 19.1 Å². The van der Waals surface area contributed by atoms with Gasteiger partial charge in [-0.2, -0.15) is 0 Å². The Kier molecular flexibility index (Phi) is 4.48. The molecule has 0 fully saturated rings. The van der Waals surface area contributed by atoms with Crippen molar-refractivity contribution in [2.45, 2.75) is 20.3 Å². The first kappa shape index (κ1) is 10.5. The summed E-state index contributed by atoms with van der Waals surface area (Å²) in [5, 5.41) is 0. The fourth-order valence-electron chi connectivity index (χ4n) is 0.988. The standard InChI is InChI=1S/C12H15NO/c1-3-5-6-11(4-2)7-8-12-9-13-10-14-12/h4-10H,3H2,1-2H3/b6-5-,8-7+,11-4+. The molecule has 2 nitrogen and oxygen atoms in total. The first-order valence-electron chi connectivity index (χ1n) is 4.76. The minimum atomic E-state index is 0.772. The molecular formula is C12H15NO. The summed E-state index contributed by atoms with van der Waals surface area (Å²) in [6.45, 7) is 4.13. The Balaban J connectivity index is 2.62. The molecule has 2 heteroatoms. The zero-order valence-corrected chi connectivity index (χ0v) is 8.60. The molecule has 0 aromatic carbocycles. The summed E-state index contributed by atoms with van der Waals surface area (Å²) < 4.78 is 5.08. The van der Waals surface area contributed by atoms with Crippen LogP contribution >= 0.6 is 0 Å². The highest BCUT2D eigenvalue weighted by Crippen LogP contribution is 2.05. The van der Waals surface area contributed by atoms with E-state index in [0.29, 0.717) is 0 Å². The van der Waals surface area contributed by atoms with Crippen LogP contribution in [0, 0.1) is 0 Å². The molecule has 74 valence electrons. The SMILES string of the molecule is C/C=C(\C=C/CC)/C=C/c1cnco1. The second-order valence-corrected chi connectivity index (χ2v) is 2.84. The predicted molar refractivity (Wildman–Crippen MR) is 58.7 cm³/mol. The Morgan fingerprint density at radius 1 is 1.50 bits per heavy atom. The molecule has 0 aliphatic rings. The molecule has 0 aliphatic heterocycles. The first-order chi connectivity index (χ1) is 6.86. The van der Waals surface area contributed by atoms with Crippen LogP contribution in [0.3, 0.4) is 0 Å². The van der Waals surface area contributed by atoms with Gasteiger partial charge in [0.1, 0.15) is 5.76 Å². The summed E-state index contributed by atoms with van der Waals surface area (Å²) in [5.74, 6) is 0.772. The molecule has 0 saturated heterocycles. The number of aromatic nitrogens is 1. The zero-order chi connectivity index (χ0) is 10.2. The van der Waals surface area contributed by atoms with E-state index in [-0.39, 0.29) is 0 Å². The molecule has 14 heavy (non-hydrogen) atoms. The Labute approximate surface area is 84.7 Å². The fraction of sp³-hybridized carbons (Fsp3) is 0.250. The van der Waals surface area contributed by atoms with E-state index in [2.05, 4.69) is 30.1 Å². The maximum Gasteiger partial charge on any atom is 0.181 e. The number of hydrogen-bond donors (Lipinski definition) is 0. The third kappa shape index (κ3) is 3.44. The number of rotatable bonds is 4. The largest absolute Gasteiger partial charge is 0.444 e. The van der Waals surface area contributed by atoms with Crippen LogP contribution in [0.4, 0.5) is 0 Å². The highest BCUT2D eigenvalue weighted by atomic mass is 16.3. The quantitative estimate of drug-likeness (QED) is 0.676. The summed E-state index contributed by atoms with van der Waals surface area (Å²) in [6, 6.07) is 0. The van der Waals surface area contributed by atoms with Gasteiger partial charge in [-0.25, -0.2) is 4.98 Å². The summed E-state index contributed by atoms with van der Waals surface area (Å²) in [6.07, 6.45) is 14.3. The molecule has 0 N–H and O–H groups in total. The lowest BCUT2D eigenvalue weighted by molar-refractivity contribution is 0.548. The topological polar surface area (TPSA) is 26.0 Å². The second kappa shape index (κ2) is 5.97. The molecule has 0 bridgehead atoms. The molecule has 0 radical (unpaired) electrons.